The number of hydrogen-bond acceptors (Lipinski definition) is 3. The summed E-state index contributed by atoms with van der Waals surface area (Å²) >= 11 is 0. The summed E-state index contributed by atoms with van der Waals surface area (Å²) in [6.45, 7) is 5.22. The van der Waals surface area contributed by atoms with Gasteiger partial charge in [-0.05, 0) is 11.6 Å². The number of amides is 1. The minimum Gasteiger partial charge on any atom is -0.353 e. The molecule has 0 spiro atoms. The van der Waals surface area contributed by atoms with Crippen LogP contribution in [0, 0.1) is 0 Å². The Balaban J connectivity index is 2.40. The summed E-state index contributed by atoms with van der Waals surface area (Å²) in [5.41, 5.74) is 0.953. The zero-order valence-corrected chi connectivity index (χ0v) is 10.6. The molecule has 4 nitrogen and oxygen atoms in total. The second kappa shape index (κ2) is 4.74. The number of carbonyl (C=O) groups excluding carboxylic acids is 1. The van der Waals surface area contributed by atoms with Crippen molar-refractivity contribution in [3.63, 3.8) is 0 Å². The van der Waals surface area contributed by atoms with Crippen LogP contribution >= 0.6 is 0 Å². The topological polar surface area (TPSA) is 41.9 Å². The number of hydrogen-bond donors (Lipinski definition) is 0. The van der Waals surface area contributed by atoms with E-state index in [0.717, 1.165) is 11.3 Å². The Bertz CT molecular complexity index is 496. The molecule has 18 heavy (non-hydrogen) atoms. The molecule has 0 radical (unpaired) electrons. The predicted octanol–water partition coefficient (Wildman–Crippen LogP) is 2.17. The summed E-state index contributed by atoms with van der Waals surface area (Å²) in [4.78, 5) is 11.6. The molecular formula is C14H16N2O2. The minimum atomic E-state index is -0.864. The molecule has 2 rings (SSSR count). The third-order valence-corrected chi connectivity index (χ3v) is 3.08. The van der Waals surface area contributed by atoms with Crippen molar-refractivity contribution in [1.82, 2.24) is 5.01 Å². The van der Waals surface area contributed by atoms with Crippen molar-refractivity contribution >= 4 is 11.6 Å². The van der Waals surface area contributed by atoms with E-state index in [-0.39, 0.29) is 5.91 Å². The fourth-order valence-corrected chi connectivity index (χ4v) is 2.08. The molecule has 1 unspecified atom stereocenters. The smallest absolute Gasteiger partial charge is 0.242 e. The van der Waals surface area contributed by atoms with Crippen LogP contribution in [-0.4, -0.2) is 29.5 Å². The van der Waals surface area contributed by atoms with E-state index in [9.17, 15) is 4.79 Å². The minimum absolute atomic E-state index is 0.164. The van der Waals surface area contributed by atoms with Crippen LogP contribution in [0.5, 0.6) is 0 Å². The highest BCUT2D eigenvalue weighted by Gasteiger charge is 2.43. The van der Waals surface area contributed by atoms with Crippen molar-refractivity contribution < 1.29 is 9.53 Å². The van der Waals surface area contributed by atoms with Gasteiger partial charge in [-0.1, -0.05) is 36.9 Å². The number of methoxy groups -OCH3 is 1. The number of carbonyl (C=O) groups is 1. The lowest BCUT2D eigenvalue weighted by Crippen LogP contribution is -2.44. The summed E-state index contributed by atoms with van der Waals surface area (Å²) in [6, 6.07) is 9.75. The van der Waals surface area contributed by atoms with E-state index in [4.69, 9.17) is 4.74 Å². The molecule has 1 aliphatic rings. The fraction of sp³-hybridized carbons (Fsp3) is 0.286. The second-order valence-electron chi connectivity index (χ2n) is 4.17. The van der Waals surface area contributed by atoms with E-state index in [2.05, 4.69) is 11.7 Å². The van der Waals surface area contributed by atoms with E-state index in [1.807, 2.05) is 30.3 Å². The Labute approximate surface area is 107 Å². The first-order chi connectivity index (χ1) is 8.63. The molecule has 0 aromatic heterocycles. The molecule has 0 bridgehead atoms. The van der Waals surface area contributed by atoms with Crippen molar-refractivity contribution in [3.05, 3.63) is 48.6 Å². The molecule has 0 aliphatic carbocycles. The van der Waals surface area contributed by atoms with Crippen molar-refractivity contribution in [3.8, 4) is 0 Å². The first-order valence-electron chi connectivity index (χ1n) is 5.75. The Morgan fingerprint density at radius 3 is 2.61 bits per heavy atom. The molecular weight excluding hydrogens is 228 g/mol. The molecule has 94 valence electrons. The first kappa shape index (κ1) is 12.5. The lowest BCUT2D eigenvalue weighted by Gasteiger charge is -2.30. The Hall–Kier alpha value is -1.94. The quantitative estimate of drug-likeness (QED) is 0.765. The predicted molar refractivity (Wildman–Crippen MR) is 70.1 cm³/mol. The van der Waals surface area contributed by atoms with Crippen molar-refractivity contribution in [2.24, 2.45) is 5.10 Å². The second-order valence-corrected chi connectivity index (χ2v) is 4.17. The van der Waals surface area contributed by atoms with Gasteiger partial charge in [-0.3, -0.25) is 4.79 Å². The number of nitrogens with zero attached hydrogens (tertiary/aromatic N) is 2. The highest BCUT2D eigenvalue weighted by Crippen LogP contribution is 2.31. The summed E-state index contributed by atoms with van der Waals surface area (Å²) in [7, 11) is 1.56. The van der Waals surface area contributed by atoms with Gasteiger partial charge < -0.3 is 4.74 Å². The zero-order valence-electron chi connectivity index (χ0n) is 10.6. The molecule has 0 saturated heterocycles. The fourth-order valence-electron chi connectivity index (χ4n) is 2.08. The zero-order chi connectivity index (χ0) is 13.2. The molecule has 1 atom stereocenters. The van der Waals surface area contributed by atoms with Crippen LogP contribution in [0.3, 0.4) is 0 Å². The van der Waals surface area contributed by atoms with E-state index >= 15 is 0 Å². The van der Waals surface area contributed by atoms with Crippen molar-refractivity contribution in [2.45, 2.75) is 19.1 Å². The molecule has 1 aromatic carbocycles. The van der Waals surface area contributed by atoms with Crippen LogP contribution in [0.4, 0.5) is 0 Å². The first-order valence-corrected chi connectivity index (χ1v) is 5.75. The maximum absolute atomic E-state index is 11.6. The van der Waals surface area contributed by atoms with Gasteiger partial charge in [-0.2, -0.15) is 10.1 Å². The average molecular weight is 244 g/mol. The third-order valence-electron chi connectivity index (χ3n) is 3.08. The normalized spacial score (nSPS) is 22.8. The van der Waals surface area contributed by atoms with E-state index in [1.165, 1.54) is 11.9 Å². The lowest BCUT2D eigenvalue weighted by molar-refractivity contribution is -0.149. The van der Waals surface area contributed by atoms with Crippen LogP contribution in [0.1, 0.15) is 18.9 Å². The highest BCUT2D eigenvalue weighted by molar-refractivity contribution is 6.03. The van der Waals surface area contributed by atoms with Crippen LogP contribution < -0.4 is 0 Å². The standard InChI is InChI=1S/C14H16N2O2/c1-4-14(18-3)10-13(15-16(14)11(2)17)12-8-6-5-7-9-12/h4-9H,1,10H2,2-3H3. The van der Waals surface area contributed by atoms with Gasteiger partial charge in [-0.15, -0.1) is 0 Å². The summed E-state index contributed by atoms with van der Waals surface area (Å²) < 4.78 is 5.45. The molecule has 0 saturated carbocycles. The summed E-state index contributed by atoms with van der Waals surface area (Å²) in [5.74, 6) is -0.164. The molecule has 4 heteroatoms. The van der Waals surface area contributed by atoms with Gasteiger partial charge in [0.2, 0.25) is 5.91 Å². The van der Waals surface area contributed by atoms with Crippen LogP contribution in [0.25, 0.3) is 0 Å². The van der Waals surface area contributed by atoms with Crippen molar-refractivity contribution in [2.75, 3.05) is 7.11 Å². The Morgan fingerprint density at radius 2 is 2.17 bits per heavy atom. The maximum atomic E-state index is 11.6. The monoisotopic (exact) mass is 244 g/mol. The summed E-state index contributed by atoms with van der Waals surface area (Å²) in [6.07, 6.45) is 2.13. The van der Waals surface area contributed by atoms with Gasteiger partial charge in [0.1, 0.15) is 0 Å². The third kappa shape index (κ3) is 1.95. The molecule has 1 heterocycles. The van der Waals surface area contributed by atoms with E-state index in [1.54, 1.807) is 13.2 Å². The number of ether oxygens (including phenoxy) is 1. The van der Waals surface area contributed by atoms with Crippen molar-refractivity contribution in [1.29, 1.82) is 0 Å². The van der Waals surface area contributed by atoms with Gasteiger partial charge in [0.05, 0.1) is 5.71 Å². The maximum Gasteiger partial charge on any atom is 0.242 e. The lowest BCUT2D eigenvalue weighted by atomic mass is 10.0. The summed E-state index contributed by atoms with van der Waals surface area (Å²) in [5, 5.41) is 5.71. The van der Waals surface area contributed by atoms with E-state index < -0.39 is 5.72 Å². The molecule has 0 N–H and O–H groups in total. The van der Waals surface area contributed by atoms with E-state index in [0.29, 0.717) is 6.42 Å². The average Bonchev–Trinajstić information content (AvgIpc) is 2.80. The van der Waals surface area contributed by atoms with Gasteiger partial charge >= 0.3 is 0 Å². The van der Waals surface area contributed by atoms with Crippen LogP contribution in [0.15, 0.2) is 48.1 Å². The van der Waals surface area contributed by atoms with Gasteiger partial charge in [-0.25, -0.2) is 0 Å². The largest absolute Gasteiger partial charge is 0.353 e. The molecule has 1 aliphatic heterocycles. The SMILES string of the molecule is C=CC1(OC)CC(c2ccccc2)=NN1C(C)=O. The number of hydrazone groups is 1. The Kier molecular flexibility index (Phi) is 3.30. The number of rotatable bonds is 3. The van der Waals surface area contributed by atoms with Crippen LogP contribution in [0.2, 0.25) is 0 Å². The Morgan fingerprint density at radius 1 is 1.50 bits per heavy atom. The van der Waals surface area contributed by atoms with Gasteiger partial charge in [0, 0.05) is 20.5 Å². The molecule has 1 aromatic rings. The number of benzene rings is 1. The van der Waals surface area contributed by atoms with Gasteiger partial charge in [0.15, 0.2) is 5.72 Å². The highest BCUT2D eigenvalue weighted by atomic mass is 16.5. The molecule has 1 amide bonds. The van der Waals surface area contributed by atoms with Crippen LogP contribution in [-0.2, 0) is 9.53 Å². The molecule has 0 fully saturated rings. The van der Waals surface area contributed by atoms with Gasteiger partial charge in [0.25, 0.3) is 0 Å².